The molecule has 0 bridgehead atoms. The summed E-state index contributed by atoms with van der Waals surface area (Å²) in [5.41, 5.74) is 0. The third-order valence-electron chi connectivity index (χ3n) is 2.46. The molecule has 1 atom stereocenters. The van der Waals surface area contributed by atoms with E-state index in [9.17, 15) is 14.9 Å². The summed E-state index contributed by atoms with van der Waals surface area (Å²) in [5, 5.41) is 13.7. The zero-order valence-electron chi connectivity index (χ0n) is 10.5. The van der Waals surface area contributed by atoms with Gasteiger partial charge in [-0.3, -0.25) is 14.9 Å². The largest absolute Gasteiger partial charge is 0.350 e. The fraction of sp³-hybridized carbons (Fsp3) is 0.600. The van der Waals surface area contributed by atoms with Crippen LogP contribution in [0.4, 0.5) is 10.1 Å². The molecule has 18 heavy (non-hydrogen) atoms. The van der Waals surface area contributed by atoms with Gasteiger partial charge in [0.1, 0.15) is 12.2 Å². The number of likely N-dealkylation sites (N-methyl/N-ethyl adjacent to an activating group) is 1. The van der Waals surface area contributed by atoms with Crippen LogP contribution in [0.5, 0.6) is 0 Å². The summed E-state index contributed by atoms with van der Waals surface area (Å²) in [4.78, 5) is 27.5. The van der Waals surface area contributed by atoms with Crippen LogP contribution in [0.2, 0.25) is 0 Å². The van der Waals surface area contributed by atoms with E-state index >= 15 is 0 Å². The number of carbonyl (C=O) groups excluding carboxylic acids is 1. The maximum absolute atomic E-state index is 12.0. The lowest BCUT2D eigenvalue weighted by atomic mass is 10.3. The lowest BCUT2D eigenvalue weighted by Gasteiger charge is -2.23. The molecule has 1 rings (SSSR count). The van der Waals surface area contributed by atoms with E-state index in [0.717, 1.165) is 11.3 Å². The van der Waals surface area contributed by atoms with Crippen molar-refractivity contribution in [2.24, 2.45) is 0 Å². The minimum atomic E-state index is -0.500. The minimum Gasteiger partial charge on any atom is -0.350 e. The highest BCUT2D eigenvalue weighted by molar-refractivity contribution is 7.18. The molecule has 0 aromatic carbocycles. The lowest BCUT2D eigenvalue weighted by Crippen LogP contribution is -2.41. The van der Waals surface area contributed by atoms with Gasteiger partial charge < -0.3 is 10.2 Å². The van der Waals surface area contributed by atoms with Gasteiger partial charge in [0.05, 0.1) is 4.92 Å². The first-order chi connectivity index (χ1) is 8.49. The Morgan fingerprint density at radius 1 is 1.61 bits per heavy atom. The van der Waals surface area contributed by atoms with Crippen LogP contribution in [-0.4, -0.2) is 39.8 Å². The SMILES string of the molecule is CCN(CC)C(=O)C(C)Nc1ncc([N+](=O)[O-])s1. The first-order valence-electron chi connectivity index (χ1n) is 5.65. The van der Waals surface area contributed by atoms with Gasteiger partial charge in [-0.05, 0) is 32.1 Å². The Labute approximate surface area is 109 Å². The van der Waals surface area contributed by atoms with Gasteiger partial charge in [0, 0.05) is 13.1 Å². The normalized spacial score (nSPS) is 11.9. The van der Waals surface area contributed by atoms with Gasteiger partial charge >= 0.3 is 5.00 Å². The first-order valence-corrected chi connectivity index (χ1v) is 6.46. The highest BCUT2D eigenvalue weighted by Crippen LogP contribution is 2.25. The van der Waals surface area contributed by atoms with E-state index in [-0.39, 0.29) is 10.9 Å². The summed E-state index contributed by atoms with van der Waals surface area (Å²) in [6, 6.07) is -0.448. The number of amides is 1. The van der Waals surface area contributed by atoms with Gasteiger partial charge in [0.15, 0.2) is 5.13 Å². The molecule has 0 aliphatic carbocycles. The molecule has 0 aliphatic rings. The molecule has 1 amide bonds. The molecule has 1 heterocycles. The highest BCUT2D eigenvalue weighted by Gasteiger charge is 2.20. The second-order valence-electron chi connectivity index (χ2n) is 3.64. The Bertz CT molecular complexity index is 431. The van der Waals surface area contributed by atoms with E-state index in [1.165, 1.54) is 6.20 Å². The molecule has 0 saturated carbocycles. The van der Waals surface area contributed by atoms with E-state index in [1.807, 2.05) is 13.8 Å². The first kappa shape index (κ1) is 14.4. The van der Waals surface area contributed by atoms with Crippen LogP contribution in [-0.2, 0) is 4.79 Å². The number of rotatable bonds is 6. The predicted octanol–water partition coefficient (Wildman–Crippen LogP) is 1.72. The second kappa shape index (κ2) is 6.29. The Morgan fingerprint density at radius 3 is 2.67 bits per heavy atom. The average molecular weight is 272 g/mol. The van der Waals surface area contributed by atoms with Crippen LogP contribution < -0.4 is 5.32 Å². The Hall–Kier alpha value is -1.70. The molecule has 0 aliphatic heterocycles. The molecular formula is C10H16N4O3S. The van der Waals surface area contributed by atoms with Crippen molar-refractivity contribution >= 4 is 27.4 Å². The summed E-state index contributed by atoms with van der Waals surface area (Å²) < 4.78 is 0. The van der Waals surface area contributed by atoms with Crippen LogP contribution in [0.15, 0.2) is 6.20 Å². The number of anilines is 1. The third-order valence-corrected chi connectivity index (χ3v) is 3.34. The Kier molecular flexibility index (Phi) is 5.02. The van der Waals surface area contributed by atoms with E-state index in [0.29, 0.717) is 18.2 Å². The van der Waals surface area contributed by atoms with E-state index < -0.39 is 11.0 Å². The zero-order chi connectivity index (χ0) is 13.7. The number of thiazole rings is 1. The van der Waals surface area contributed by atoms with E-state index in [2.05, 4.69) is 10.3 Å². The van der Waals surface area contributed by atoms with Crippen LogP contribution in [0.1, 0.15) is 20.8 Å². The zero-order valence-corrected chi connectivity index (χ0v) is 11.4. The third kappa shape index (κ3) is 3.39. The Balaban J connectivity index is 2.65. The van der Waals surface area contributed by atoms with Crippen LogP contribution >= 0.6 is 11.3 Å². The molecule has 1 N–H and O–H groups in total. The molecule has 0 fully saturated rings. The molecule has 0 spiro atoms. The van der Waals surface area contributed by atoms with Gasteiger partial charge in [0.2, 0.25) is 5.91 Å². The van der Waals surface area contributed by atoms with Crippen molar-refractivity contribution in [3.05, 3.63) is 16.3 Å². The molecule has 7 nitrogen and oxygen atoms in total. The number of hydrogen-bond donors (Lipinski definition) is 1. The van der Waals surface area contributed by atoms with Crippen LogP contribution in [0.3, 0.4) is 0 Å². The molecular weight excluding hydrogens is 256 g/mol. The summed E-state index contributed by atoms with van der Waals surface area (Å²) in [6.45, 7) is 6.80. The molecule has 0 radical (unpaired) electrons. The summed E-state index contributed by atoms with van der Waals surface area (Å²) in [7, 11) is 0. The maximum atomic E-state index is 12.0. The van der Waals surface area contributed by atoms with Crippen molar-refractivity contribution in [3.63, 3.8) is 0 Å². The number of hydrogen-bond acceptors (Lipinski definition) is 6. The topological polar surface area (TPSA) is 88.4 Å². The fourth-order valence-corrected chi connectivity index (χ4v) is 2.19. The number of nitrogens with zero attached hydrogens (tertiary/aromatic N) is 3. The van der Waals surface area contributed by atoms with Crippen molar-refractivity contribution in [3.8, 4) is 0 Å². The van der Waals surface area contributed by atoms with Crippen LogP contribution in [0.25, 0.3) is 0 Å². The average Bonchev–Trinajstić information content (AvgIpc) is 2.79. The van der Waals surface area contributed by atoms with Gasteiger partial charge in [-0.1, -0.05) is 0 Å². The van der Waals surface area contributed by atoms with Gasteiger partial charge in [-0.25, -0.2) is 4.98 Å². The smallest absolute Gasteiger partial charge is 0.345 e. The molecule has 0 saturated heterocycles. The fourth-order valence-electron chi connectivity index (χ4n) is 1.47. The molecule has 8 heteroatoms. The van der Waals surface area contributed by atoms with Gasteiger partial charge in [-0.2, -0.15) is 0 Å². The number of carbonyl (C=O) groups is 1. The second-order valence-corrected chi connectivity index (χ2v) is 4.65. The molecule has 1 aromatic rings. The molecule has 100 valence electrons. The van der Waals surface area contributed by atoms with Crippen molar-refractivity contribution < 1.29 is 9.72 Å². The quantitative estimate of drug-likeness (QED) is 0.629. The summed E-state index contributed by atoms with van der Waals surface area (Å²) in [5.74, 6) is -0.0437. The summed E-state index contributed by atoms with van der Waals surface area (Å²) >= 11 is 0.922. The van der Waals surface area contributed by atoms with E-state index in [4.69, 9.17) is 0 Å². The molecule has 1 aromatic heterocycles. The lowest BCUT2D eigenvalue weighted by molar-refractivity contribution is -0.380. The van der Waals surface area contributed by atoms with E-state index in [1.54, 1.807) is 11.8 Å². The minimum absolute atomic E-state index is 0.0417. The van der Waals surface area contributed by atoms with Crippen molar-refractivity contribution in [1.82, 2.24) is 9.88 Å². The predicted molar refractivity (Wildman–Crippen MR) is 69.8 cm³/mol. The summed E-state index contributed by atoms with van der Waals surface area (Å²) in [6.07, 6.45) is 1.18. The number of nitrogens with one attached hydrogen (secondary N) is 1. The highest BCUT2D eigenvalue weighted by atomic mass is 32.1. The standard InChI is InChI=1S/C10H16N4O3S/c1-4-13(5-2)9(15)7(3)12-10-11-6-8(18-10)14(16)17/h6-7H,4-5H2,1-3H3,(H,11,12). The van der Waals surface area contributed by atoms with Gasteiger partial charge in [0.25, 0.3) is 0 Å². The molecule has 1 unspecified atom stereocenters. The number of nitro groups is 1. The van der Waals surface area contributed by atoms with Crippen molar-refractivity contribution in [2.75, 3.05) is 18.4 Å². The van der Waals surface area contributed by atoms with Gasteiger partial charge in [-0.15, -0.1) is 0 Å². The van der Waals surface area contributed by atoms with Crippen molar-refractivity contribution in [2.45, 2.75) is 26.8 Å². The monoisotopic (exact) mass is 272 g/mol. The van der Waals surface area contributed by atoms with Crippen molar-refractivity contribution in [1.29, 1.82) is 0 Å². The maximum Gasteiger partial charge on any atom is 0.345 e. The van der Waals surface area contributed by atoms with Crippen LogP contribution in [0, 0.1) is 10.1 Å². The Morgan fingerprint density at radius 2 is 2.22 bits per heavy atom. The number of aromatic nitrogens is 1.